The van der Waals surface area contributed by atoms with Gasteiger partial charge in [0.1, 0.15) is 0 Å². The monoisotopic (exact) mass is 148 g/mol. The minimum Gasteiger partial charge on any atom is -0.0670 e. The molecule has 0 aromatic carbocycles. The van der Waals surface area contributed by atoms with E-state index in [1.807, 2.05) is 11.1 Å². The minimum absolute atomic E-state index is 0.748. The summed E-state index contributed by atoms with van der Waals surface area (Å²) in [6.45, 7) is 2.39. The van der Waals surface area contributed by atoms with Gasteiger partial charge in [-0.2, -0.15) is 0 Å². The Hall–Kier alpha value is -0.260. The first-order valence-corrected chi connectivity index (χ1v) is 5.08. The molecular formula is C11H16. The molecule has 11 heavy (non-hydrogen) atoms. The van der Waals surface area contributed by atoms with E-state index in [0.717, 1.165) is 11.3 Å². The predicted octanol–water partition coefficient (Wildman–Crippen LogP) is 3.29. The van der Waals surface area contributed by atoms with Gasteiger partial charge >= 0.3 is 0 Å². The van der Waals surface area contributed by atoms with Crippen LogP contribution in [0.1, 0.15) is 45.4 Å². The molecule has 2 atom stereocenters. The molecule has 2 unspecified atom stereocenters. The van der Waals surface area contributed by atoms with Crippen molar-refractivity contribution in [1.29, 1.82) is 0 Å². The molecule has 60 valence electrons. The fraction of sp³-hybridized carbons (Fsp3) is 0.818. The molecule has 0 radical (unpaired) electrons. The Morgan fingerprint density at radius 3 is 2.82 bits per heavy atom. The molecule has 0 heterocycles. The van der Waals surface area contributed by atoms with Gasteiger partial charge in [0, 0.05) is 0 Å². The molecule has 1 fully saturated rings. The van der Waals surface area contributed by atoms with Crippen molar-refractivity contribution in [3.8, 4) is 0 Å². The third-order valence-electron chi connectivity index (χ3n) is 4.45. The third-order valence-corrected chi connectivity index (χ3v) is 4.45. The third kappa shape index (κ3) is 0.544. The summed E-state index contributed by atoms with van der Waals surface area (Å²) in [5.74, 6) is 1.05. The summed E-state index contributed by atoms with van der Waals surface area (Å²) in [4.78, 5) is 0. The van der Waals surface area contributed by atoms with E-state index in [2.05, 4.69) is 6.92 Å². The number of rotatable bonds is 1. The zero-order valence-electron chi connectivity index (χ0n) is 7.32. The van der Waals surface area contributed by atoms with E-state index in [0.29, 0.717) is 0 Å². The Morgan fingerprint density at radius 2 is 2.36 bits per heavy atom. The Morgan fingerprint density at radius 1 is 1.45 bits per heavy atom. The quantitative estimate of drug-likeness (QED) is 0.500. The molecule has 2 bridgehead atoms. The van der Waals surface area contributed by atoms with Gasteiger partial charge in [0.15, 0.2) is 0 Å². The number of hydrogen-bond acceptors (Lipinski definition) is 0. The Balaban J connectivity index is 2.08. The second kappa shape index (κ2) is 1.73. The van der Waals surface area contributed by atoms with E-state index in [4.69, 9.17) is 0 Å². The second-order valence-corrected chi connectivity index (χ2v) is 4.58. The lowest BCUT2D eigenvalue weighted by Gasteiger charge is -2.36. The summed E-state index contributed by atoms with van der Waals surface area (Å²) in [5, 5.41) is 0. The van der Waals surface area contributed by atoms with Crippen LogP contribution < -0.4 is 0 Å². The van der Waals surface area contributed by atoms with Crippen LogP contribution >= 0.6 is 0 Å². The molecule has 0 amide bonds. The molecule has 3 rings (SSSR count). The summed E-state index contributed by atoms with van der Waals surface area (Å²) in [7, 11) is 0. The van der Waals surface area contributed by atoms with Gasteiger partial charge in [0.2, 0.25) is 0 Å². The van der Waals surface area contributed by atoms with Crippen molar-refractivity contribution in [2.45, 2.75) is 45.4 Å². The largest absolute Gasteiger partial charge is 0.0670 e. The zero-order valence-corrected chi connectivity index (χ0v) is 7.32. The normalized spacial score (nSPS) is 46.1. The van der Waals surface area contributed by atoms with E-state index in [9.17, 15) is 0 Å². The lowest BCUT2D eigenvalue weighted by atomic mass is 9.69. The number of fused-ring (bicyclic) bond motifs is 4. The molecule has 0 aliphatic heterocycles. The maximum Gasteiger partial charge on any atom is -0.00819 e. The van der Waals surface area contributed by atoms with Gasteiger partial charge in [-0.1, -0.05) is 18.1 Å². The first-order chi connectivity index (χ1) is 5.36. The summed E-state index contributed by atoms with van der Waals surface area (Å²) in [6, 6.07) is 0. The average Bonchev–Trinajstić information content (AvgIpc) is 2.39. The molecule has 0 aromatic rings. The van der Waals surface area contributed by atoms with E-state index >= 15 is 0 Å². The number of allylic oxidation sites excluding steroid dienone is 2. The Kier molecular flexibility index (Phi) is 0.987. The van der Waals surface area contributed by atoms with Gasteiger partial charge in [-0.15, -0.1) is 0 Å². The molecular weight excluding hydrogens is 132 g/mol. The molecule has 0 spiro atoms. The molecule has 1 saturated carbocycles. The molecule has 0 N–H and O–H groups in total. The van der Waals surface area contributed by atoms with Crippen LogP contribution in [0, 0.1) is 11.3 Å². The van der Waals surface area contributed by atoms with Gasteiger partial charge in [-0.3, -0.25) is 0 Å². The smallest absolute Gasteiger partial charge is 0.00819 e. The standard InChI is InChI=1S/C11H16/c1-2-11-6-5-8(7-11)9-3-4-10(9)11/h8H,2-7H2,1H3. The highest BCUT2D eigenvalue weighted by atomic mass is 14.6. The maximum atomic E-state index is 2.39. The fourth-order valence-electron chi connectivity index (χ4n) is 3.68. The van der Waals surface area contributed by atoms with Crippen LogP contribution in [0.5, 0.6) is 0 Å². The van der Waals surface area contributed by atoms with Crippen LogP contribution in [0.25, 0.3) is 0 Å². The van der Waals surface area contributed by atoms with Crippen molar-refractivity contribution in [2.24, 2.45) is 11.3 Å². The van der Waals surface area contributed by atoms with E-state index in [1.54, 1.807) is 0 Å². The van der Waals surface area contributed by atoms with Crippen molar-refractivity contribution in [2.75, 3.05) is 0 Å². The lowest BCUT2D eigenvalue weighted by molar-refractivity contribution is 0.342. The van der Waals surface area contributed by atoms with Crippen molar-refractivity contribution in [1.82, 2.24) is 0 Å². The first kappa shape index (κ1) is 6.28. The van der Waals surface area contributed by atoms with Crippen LogP contribution in [-0.2, 0) is 0 Å². The summed E-state index contributed by atoms with van der Waals surface area (Å²) in [5.41, 5.74) is 4.56. The van der Waals surface area contributed by atoms with Gasteiger partial charge in [0.05, 0.1) is 0 Å². The minimum atomic E-state index is 0.748. The molecule has 0 nitrogen and oxygen atoms in total. The number of hydrogen-bond donors (Lipinski definition) is 0. The van der Waals surface area contributed by atoms with Gasteiger partial charge in [0.25, 0.3) is 0 Å². The Bertz CT molecular complexity index is 236. The highest BCUT2D eigenvalue weighted by Gasteiger charge is 2.51. The van der Waals surface area contributed by atoms with Crippen LogP contribution in [0.2, 0.25) is 0 Å². The van der Waals surface area contributed by atoms with Crippen molar-refractivity contribution >= 4 is 0 Å². The second-order valence-electron chi connectivity index (χ2n) is 4.58. The predicted molar refractivity (Wildman–Crippen MR) is 46.3 cm³/mol. The van der Waals surface area contributed by atoms with Crippen molar-refractivity contribution in [3.63, 3.8) is 0 Å². The fourth-order valence-corrected chi connectivity index (χ4v) is 3.68. The zero-order chi connectivity index (χ0) is 7.47. The lowest BCUT2D eigenvalue weighted by Crippen LogP contribution is -2.21. The summed E-state index contributed by atoms with van der Waals surface area (Å²) < 4.78 is 0. The van der Waals surface area contributed by atoms with Gasteiger partial charge in [-0.25, -0.2) is 0 Å². The summed E-state index contributed by atoms with van der Waals surface area (Å²) >= 11 is 0. The van der Waals surface area contributed by atoms with Crippen LogP contribution in [0.4, 0.5) is 0 Å². The molecule has 3 aliphatic rings. The van der Waals surface area contributed by atoms with E-state index in [1.165, 1.54) is 38.5 Å². The molecule has 0 saturated heterocycles. The van der Waals surface area contributed by atoms with E-state index < -0.39 is 0 Å². The van der Waals surface area contributed by atoms with Gasteiger partial charge < -0.3 is 0 Å². The first-order valence-electron chi connectivity index (χ1n) is 5.08. The van der Waals surface area contributed by atoms with E-state index in [-0.39, 0.29) is 0 Å². The van der Waals surface area contributed by atoms with Crippen molar-refractivity contribution in [3.05, 3.63) is 11.1 Å². The van der Waals surface area contributed by atoms with Gasteiger partial charge in [-0.05, 0) is 49.9 Å². The average molecular weight is 148 g/mol. The SMILES string of the molecule is CCC12CCC(C1)C1=C2CC1. The summed E-state index contributed by atoms with van der Waals surface area (Å²) in [6.07, 6.45) is 8.91. The molecule has 0 heteroatoms. The van der Waals surface area contributed by atoms with Crippen molar-refractivity contribution < 1.29 is 0 Å². The highest BCUT2D eigenvalue weighted by molar-refractivity contribution is 5.40. The highest BCUT2D eigenvalue weighted by Crippen LogP contribution is 2.65. The van der Waals surface area contributed by atoms with Crippen LogP contribution in [0.15, 0.2) is 11.1 Å². The van der Waals surface area contributed by atoms with Crippen LogP contribution in [-0.4, -0.2) is 0 Å². The topological polar surface area (TPSA) is 0 Å². The maximum absolute atomic E-state index is 2.39. The molecule has 0 aromatic heterocycles. The molecule has 3 aliphatic carbocycles. The van der Waals surface area contributed by atoms with Crippen LogP contribution in [0.3, 0.4) is 0 Å². The Labute approximate surface area is 68.7 Å².